The normalized spacial score (nSPS) is 18.6. The molecule has 0 spiro atoms. The Balaban J connectivity index is 1.73. The fourth-order valence-corrected chi connectivity index (χ4v) is 4.03. The molecule has 174 valence electrons. The Kier molecular flexibility index (Phi) is 7.27. The number of rotatable bonds is 5. The van der Waals surface area contributed by atoms with Gasteiger partial charge in [0, 0.05) is 51.4 Å². The maximum atomic E-state index is 11.9. The van der Waals surface area contributed by atoms with Crippen LogP contribution in [0.25, 0.3) is 0 Å². The standard InChI is InChI=1S/C23H29N7O3/c1-15-13-29(14-16(2)30(15)17(3)31)21-12-20(10-11-25-21)28(5)27-23(24-4)26-19-8-6-18(7-9-19)22(32)33/h6-12,15-16H,4,13-14H2,1-3,5H3,(H,26,27)(H,32,33). The topological polar surface area (TPSA) is 114 Å². The number of benzene rings is 1. The first-order valence-corrected chi connectivity index (χ1v) is 10.6. The van der Waals surface area contributed by atoms with E-state index in [2.05, 4.69) is 32.0 Å². The first-order valence-electron chi connectivity index (χ1n) is 10.6. The van der Waals surface area contributed by atoms with Gasteiger partial charge >= 0.3 is 5.97 Å². The molecule has 1 fully saturated rings. The van der Waals surface area contributed by atoms with Crippen LogP contribution in [0.4, 0.5) is 17.2 Å². The van der Waals surface area contributed by atoms with Gasteiger partial charge in [0.25, 0.3) is 0 Å². The van der Waals surface area contributed by atoms with Crippen LogP contribution in [0.2, 0.25) is 0 Å². The monoisotopic (exact) mass is 451 g/mol. The number of aromatic carboxylic acids is 1. The number of carboxylic acids is 1. The molecule has 10 nitrogen and oxygen atoms in total. The van der Waals surface area contributed by atoms with E-state index in [1.54, 1.807) is 30.3 Å². The predicted molar refractivity (Wildman–Crippen MR) is 129 cm³/mol. The Morgan fingerprint density at radius 2 is 1.82 bits per heavy atom. The second kappa shape index (κ2) is 10.1. The number of hydrogen-bond acceptors (Lipinski definition) is 6. The first-order chi connectivity index (χ1) is 15.7. The van der Waals surface area contributed by atoms with Crippen molar-refractivity contribution in [2.24, 2.45) is 9.98 Å². The van der Waals surface area contributed by atoms with E-state index in [9.17, 15) is 9.59 Å². The van der Waals surface area contributed by atoms with Gasteiger partial charge in [-0.15, -0.1) is 0 Å². The van der Waals surface area contributed by atoms with E-state index in [4.69, 9.17) is 5.11 Å². The van der Waals surface area contributed by atoms with Crippen LogP contribution < -0.4 is 15.3 Å². The van der Waals surface area contributed by atoms with Crippen LogP contribution in [0, 0.1) is 0 Å². The van der Waals surface area contributed by atoms with E-state index in [1.807, 2.05) is 37.9 Å². The molecule has 1 amide bonds. The Morgan fingerprint density at radius 1 is 1.18 bits per heavy atom. The summed E-state index contributed by atoms with van der Waals surface area (Å²) < 4.78 is 0. The summed E-state index contributed by atoms with van der Waals surface area (Å²) in [5.74, 6) is 0.167. The summed E-state index contributed by atoms with van der Waals surface area (Å²) in [7, 11) is 1.83. The van der Waals surface area contributed by atoms with E-state index in [-0.39, 0.29) is 29.5 Å². The third-order valence-corrected chi connectivity index (χ3v) is 5.49. The van der Waals surface area contributed by atoms with Gasteiger partial charge in [-0.3, -0.25) is 15.2 Å². The lowest BCUT2D eigenvalue weighted by Gasteiger charge is -2.44. The third kappa shape index (κ3) is 5.65. The van der Waals surface area contributed by atoms with Crippen LogP contribution in [0.15, 0.2) is 52.6 Å². The maximum Gasteiger partial charge on any atom is 0.335 e. The molecule has 1 aromatic heterocycles. The summed E-state index contributed by atoms with van der Waals surface area (Å²) in [5.41, 5.74) is 4.65. The lowest BCUT2D eigenvalue weighted by Crippen LogP contribution is -2.58. The van der Waals surface area contributed by atoms with Crippen LogP contribution in [-0.4, -0.2) is 71.8 Å². The van der Waals surface area contributed by atoms with E-state index in [0.29, 0.717) is 18.8 Å². The minimum absolute atomic E-state index is 0.0848. The molecule has 10 heteroatoms. The number of piperazine rings is 1. The Labute approximate surface area is 193 Å². The van der Waals surface area contributed by atoms with E-state index >= 15 is 0 Å². The maximum absolute atomic E-state index is 11.9. The molecule has 0 aliphatic carbocycles. The largest absolute Gasteiger partial charge is 0.478 e. The van der Waals surface area contributed by atoms with Crippen molar-refractivity contribution in [1.29, 1.82) is 0 Å². The highest BCUT2D eigenvalue weighted by Gasteiger charge is 2.31. The zero-order chi connectivity index (χ0) is 24.1. The molecule has 0 bridgehead atoms. The summed E-state index contributed by atoms with van der Waals surface area (Å²) in [5, 5.41) is 10.8. The van der Waals surface area contributed by atoms with Crippen LogP contribution >= 0.6 is 0 Å². The second-order valence-electron chi connectivity index (χ2n) is 8.02. The average Bonchev–Trinajstić information content (AvgIpc) is 2.78. The molecule has 2 heterocycles. The zero-order valence-corrected chi connectivity index (χ0v) is 19.3. The molecular weight excluding hydrogens is 422 g/mol. The summed E-state index contributed by atoms with van der Waals surface area (Å²) in [6, 6.07) is 10.2. The average molecular weight is 452 g/mol. The van der Waals surface area contributed by atoms with Gasteiger partial charge in [-0.2, -0.15) is 0 Å². The van der Waals surface area contributed by atoms with Gasteiger partial charge in [-0.05, 0) is 50.9 Å². The smallest absolute Gasteiger partial charge is 0.335 e. The number of pyridine rings is 1. The van der Waals surface area contributed by atoms with Gasteiger partial charge in [0.15, 0.2) is 0 Å². The van der Waals surface area contributed by atoms with Crippen molar-refractivity contribution in [2.75, 3.05) is 30.0 Å². The fraction of sp³-hybridized carbons (Fsp3) is 0.348. The Bertz CT molecular complexity index is 1040. The van der Waals surface area contributed by atoms with Crippen molar-refractivity contribution in [1.82, 2.24) is 15.3 Å². The highest BCUT2D eigenvalue weighted by atomic mass is 16.4. The lowest BCUT2D eigenvalue weighted by atomic mass is 10.1. The number of aromatic nitrogens is 1. The molecular formula is C23H29N7O3. The Hall–Kier alpha value is -3.95. The van der Waals surface area contributed by atoms with Gasteiger partial charge < -0.3 is 14.9 Å². The number of amides is 1. The van der Waals surface area contributed by atoms with Crippen molar-refractivity contribution < 1.29 is 14.7 Å². The number of hydrazine groups is 1. The predicted octanol–water partition coefficient (Wildman–Crippen LogP) is 2.55. The van der Waals surface area contributed by atoms with Crippen LogP contribution in [0.1, 0.15) is 31.1 Å². The molecule has 2 unspecified atom stereocenters. The molecule has 3 rings (SSSR count). The minimum Gasteiger partial charge on any atom is -0.478 e. The van der Waals surface area contributed by atoms with Crippen LogP contribution in [-0.2, 0) is 4.79 Å². The molecule has 0 saturated carbocycles. The van der Waals surface area contributed by atoms with Crippen LogP contribution in [0.3, 0.4) is 0 Å². The van der Waals surface area contributed by atoms with Crippen LogP contribution in [0.5, 0.6) is 0 Å². The molecule has 1 aliphatic heterocycles. The van der Waals surface area contributed by atoms with E-state index in [0.717, 1.165) is 11.5 Å². The first kappa shape index (κ1) is 23.7. The SMILES string of the molecule is C=NC(=Nc1ccc(C(=O)O)cc1)NN(C)c1ccnc(N2CC(C)N(C(C)=O)C(C)C2)c1. The van der Waals surface area contributed by atoms with Gasteiger partial charge in [0.2, 0.25) is 11.9 Å². The van der Waals surface area contributed by atoms with Crippen molar-refractivity contribution in [3.05, 3.63) is 48.2 Å². The molecule has 2 aromatic rings. The molecule has 1 saturated heterocycles. The second-order valence-corrected chi connectivity index (χ2v) is 8.02. The summed E-state index contributed by atoms with van der Waals surface area (Å²) in [6.07, 6.45) is 1.73. The number of hydrogen-bond donors (Lipinski definition) is 2. The molecule has 1 aliphatic rings. The highest BCUT2D eigenvalue weighted by Crippen LogP contribution is 2.24. The summed E-state index contributed by atoms with van der Waals surface area (Å²) in [6.45, 7) is 10.7. The number of carbonyl (C=O) groups excluding carboxylic acids is 1. The van der Waals surface area contributed by atoms with Crippen molar-refractivity contribution >= 4 is 41.7 Å². The fourth-order valence-electron chi connectivity index (χ4n) is 4.03. The van der Waals surface area contributed by atoms with Gasteiger partial charge in [0.05, 0.1) is 16.9 Å². The number of anilines is 2. The molecule has 1 aromatic carbocycles. The number of carboxylic acid groups (broad SMARTS) is 1. The third-order valence-electron chi connectivity index (χ3n) is 5.49. The number of aliphatic imine (C=N–C) groups is 2. The van der Waals surface area contributed by atoms with E-state index < -0.39 is 5.97 Å². The van der Waals surface area contributed by atoms with Crippen molar-refractivity contribution in [3.63, 3.8) is 0 Å². The zero-order valence-electron chi connectivity index (χ0n) is 19.3. The number of nitrogens with one attached hydrogen (secondary N) is 1. The lowest BCUT2D eigenvalue weighted by molar-refractivity contribution is -0.133. The van der Waals surface area contributed by atoms with E-state index in [1.165, 1.54) is 12.1 Å². The molecule has 2 atom stereocenters. The Morgan fingerprint density at radius 3 is 2.36 bits per heavy atom. The van der Waals surface area contributed by atoms with Gasteiger partial charge in [-0.25, -0.2) is 19.8 Å². The van der Waals surface area contributed by atoms with Gasteiger partial charge in [0.1, 0.15) is 5.82 Å². The van der Waals surface area contributed by atoms with Crippen molar-refractivity contribution in [3.8, 4) is 0 Å². The highest BCUT2D eigenvalue weighted by molar-refractivity contribution is 5.89. The quantitative estimate of drug-likeness (QED) is 0.408. The number of carbonyl (C=O) groups is 2. The summed E-state index contributed by atoms with van der Waals surface area (Å²) >= 11 is 0. The summed E-state index contributed by atoms with van der Waals surface area (Å²) in [4.78, 5) is 39.9. The number of nitrogens with zero attached hydrogens (tertiary/aromatic N) is 6. The van der Waals surface area contributed by atoms with Crippen molar-refractivity contribution in [2.45, 2.75) is 32.9 Å². The molecule has 0 radical (unpaired) electrons. The molecule has 2 N–H and O–H groups in total. The van der Waals surface area contributed by atoms with Gasteiger partial charge in [-0.1, -0.05) is 0 Å². The number of guanidine groups is 1. The minimum atomic E-state index is -0.995. The molecule has 33 heavy (non-hydrogen) atoms.